The zero-order valence-electron chi connectivity index (χ0n) is 10.2. The smallest absolute Gasteiger partial charge is 0.148 e. The first kappa shape index (κ1) is 14.3. The van der Waals surface area contributed by atoms with Gasteiger partial charge in [-0.25, -0.2) is 15.8 Å². The third-order valence-electron chi connectivity index (χ3n) is 2.62. The molecule has 1 heterocycles. The van der Waals surface area contributed by atoms with Gasteiger partial charge in [0.1, 0.15) is 18.0 Å². The van der Waals surface area contributed by atoms with E-state index in [4.69, 9.17) is 17.4 Å². The number of nitrogens with zero attached hydrogens (tertiary/aromatic N) is 2. The Hall–Kier alpha value is -1.12. The molecule has 5 nitrogen and oxygen atoms in total. The maximum Gasteiger partial charge on any atom is 0.148 e. The highest BCUT2D eigenvalue weighted by Crippen LogP contribution is 2.29. The third kappa shape index (κ3) is 3.26. The van der Waals surface area contributed by atoms with Crippen LogP contribution in [0.3, 0.4) is 0 Å². The average Bonchev–Trinajstić information content (AvgIpc) is 2.41. The van der Waals surface area contributed by atoms with Crippen LogP contribution in [0.4, 0.5) is 17.3 Å². The van der Waals surface area contributed by atoms with Crippen LogP contribution in [0.1, 0.15) is 12.5 Å². The number of nitrogens with one attached hydrogen (secondary N) is 2. The summed E-state index contributed by atoms with van der Waals surface area (Å²) in [5, 5.41) is 3.86. The van der Waals surface area contributed by atoms with E-state index in [-0.39, 0.29) is 0 Å². The normalized spacial score (nSPS) is 10.3. The van der Waals surface area contributed by atoms with E-state index < -0.39 is 0 Å². The van der Waals surface area contributed by atoms with Crippen LogP contribution in [0.25, 0.3) is 0 Å². The van der Waals surface area contributed by atoms with E-state index in [1.807, 2.05) is 25.1 Å². The monoisotopic (exact) mass is 389 g/mol. The Morgan fingerprint density at radius 3 is 2.68 bits per heavy atom. The number of hydrogen-bond acceptors (Lipinski definition) is 5. The van der Waals surface area contributed by atoms with E-state index in [0.29, 0.717) is 16.7 Å². The zero-order valence-corrected chi connectivity index (χ0v) is 13.2. The summed E-state index contributed by atoms with van der Waals surface area (Å²) < 4.78 is 1.08. The molecule has 2 rings (SSSR count). The second-order valence-electron chi connectivity index (χ2n) is 3.80. The second-order valence-corrected chi connectivity index (χ2v) is 5.45. The largest absolute Gasteiger partial charge is 0.339 e. The molecule has 4 N–H and O–H groups in total. The molecule has 19 heavy (non-hydrogen) atoms. The van der Waals surface area contributed by atoms with Crippen molar-refractivity contribution in [1.29, 1.82) is 0 Å². The number of hydrazine groups is 1. The SMILES string of the molecule is CCc1c(NN)ncnc1Nc1ccc(I)cc1Cl. The Kier molecular flexibility index (Phi) is 4.78. The van der Waals surface area contributed by atoms with Gasteiger partial charge in [-0.05, 0) is 47.2 Å². The van der Waals surface area contributed by atoms with Crippen LogP contribution in [-0.4, -0.2) is 9.97 Å². The molecule has 0 unspecified atom stereocenters. The highest BCUT2D eigenvalue weighted by atomic mass is 127. The molecule has 7 heteroatoms. The van der Waals surface area contributed by atoms with Crippen molar-refractivity contribution in [2.24, 2.45) is 5.84 Å². The van der Waals surface area contributed by atoms with Crippen LogP contribution < -0.4 is 16.6 Å². The Labute approximate surface area is 130 Å². The van der Waals surface area contributed by atoms with Crippen LogP contribution in [0, 0.1) is 3.57 Å². The molecule has 1 aromatic carbocycles. The van der Waals surface area contributed by atoms with E-state index in [0.717, 1.165) is 21.2 Å². The van der Waals surface area contributed by atoms with Gasteiger partial charge in [0.2, 0.25) is 0 Å². The first-order chi connectivity index (χ1) is 9.15. The topological polar surface area (TPSA) is 75.9 Å². The lowest BCUT2D eigenvalue weighted by Gasteiger charge is -2.13. The lowest BCUT2D eigenvalue weighted by molar-refractivity contribution is 1.04. The number of nitrogen functional groups attached to an aromatic ring is 1. The third-order valence-corrected chi connectivity index (χ3v) is 3.60. The fourth-order valence-corrected chi connectivity index (χ4v) is 2.60. The number of anilines is 3. The Balaban J connectivity index is 2.37. The molecular formula is C12H13ClIN5. The summed E-state index contributed by atoms with van der Waals surface area (Å²) >= 11 is 8.41. The lowest BCUT2D eigenvalue weighted by Crippen LogP contribution is -2.13. The minimum absolute atomic E-state index is 0.613. The summed E-state index contributed by atoms with van der Waals surface area (Å²) in [6.45, 7) is 2.01. The Bertz CT molecular complexity index is 590. The Morgan fingerprint density at radius 1 is 1.32 bits per heavy atom. The first-order valence-electron chi connectivity index (χ1n) is 5.68. The molecule has 0 radical (unpaired) electrons. The molecule has 0 atom stereocenters. The van der Waals surface area contributed by atoms with Gasteiger partial charge in [0.15, 0.2) is 0 Å². The van der Waals surface area contributed by atoms with Crippen LogP contribution in [0.2, 0.25) is 5.02 Å². The summed E-state index contributed by atoms with van der Waals surface area (Å²) in [5.41, 5.74) is 4.29. The van der Waals surface area contributed by atoms with Crippen LogP contribution >= 0.6 is 34.2 Å². The number of halogens is 2. The zero-order chi connectivity index (χ0) is 13.8. The summed E-state index contributed by atoms with van der Waals surface area (Å²) in [7, 11) is 0. The molecule has 100 valence electrons. The molecule has 1 aromatic heterocycles. The van der Waals surface area contributed by atoms with E-state index in [1.54, 1.807) is 0 Å². The van der Waals surface area contributed by atoms with Crippen LogP contribution in [0.15, 0.2) is 24.5 Å². The molecule has 0 fully saturated rings. The fraction of sp³-hybridized carbons (Fsp3) is 0.167. The van der Waals surface area contributed by atoms with Gasteiger partial charge in [-0.15, -0.1) is 0 Å². The van der Waals surface area contributed by atoms with Gasteiger partial charge in [0, 0.05) is 9.13 Å². The van der Waals surface area contributed by atoms with E-state index >= 15 is 0 Å². The number of nitrogens with two attached hydrogens (primary N) is 1. The molecule has 0 aliphatic rings. The molecule has 0 aliphatic carbocycles. The first-order valence-corrected chi connectivity index (χ1v) is 7.14. The summed E-state index contributed by atoms with van der Waals surface area (Å²) in [6.07, 6.45) is 2.21. The van der Waals surface area contributed by atoms with Crippen molar-refractivity contribution in [2.75, 3.05) is 10.7 Å². The van der Waals surface area contributed by atoms with Crippen molar-refractivity contribution in [3.8, 4) is 0 Å². The minimum atomic E-state index is 0.613. The van der Waals surface area contributed by atoms with Crippen molar-refractivity contribution >= 4 is 51.5 Å². The lowest BCUT2D eigenvalue weighted by atomic mass is 10.2. The van der Waals surface area contributed by atoms with Crippen molar-refractivity contribution in [2.45, 2.75) is 13.3 Å². The van der Waals surface area contributed by atoms with Crippen LogP contribution in [-0.2, 0) is 6.42 Å². The molecule has 2 aromatic rings. The van der Waals surface area contributed by atoms with E-state index in [1.165, 1.54) is 6.33 Å². The average molecular weight is 390 g/mol. The number of aromatic nitrogens is 2. The predicted molar refractivity (Wildman–Crippen MR) is 86.7 cm³/mol. The van der Waals surface area contributed by atoms with Crippen molar-refractivity contribution in [3.63, 3.8) is 0 Å². The number of rotatable bonds is 4. The molecular weight excluding hydrogens is 377 g/mol. The van der Waals surface area contributed by atoms with E-state index in [2.05, 4.69) is 43.3 Å². The van der Waals surface area contributed by atoms with Crippen molar-refractivity contribution < 1.29 is 0 Å². The minimum Gasteiger partial charge on any atom is -0.339 e. The van der Waals surface area contributed by atoms with Gasteiger partial charge >= 0.3 is 0 Å². The van der Waals surface area contributed by atoms with Gasteiger partial charge in [-0.2, -0.15) is 0 Å². The highest BCUT2D eigenvalue weighted by molar-refractivity contribution is 14.1. The standard InChI is InChI=1S/C12H13ClIN5/c1-2-8-11(16-6-17-12(8)19-15)18-10-4-3-7(14)5-9(10)13/h3-6H,2,15H2,1H3,(H2,16,17,18,19). The van der Waals surface area contributed by atoms with Gasteiger partial charge in [0.25, 0.3) is 0 Å². The molecule has 0 spiro atoms. The van der Waals surface area contributed by atoms with Gasteiger partial charge < -0.3 is 10.7 Å². The molecule has 0 aliphatic heterocycles. The summed E-state index contributed by atoms with van der Waals surface area (Å²) in [5.74, 6) is 6.76. The predicted octanol–water partition coefficient (Wildman–Crippen LogP) is 3.33. The fourth-order valence-electron chi connectivity index (χ4n) is 1.70. The molecule has 0 saturated carbocycles. The van der Waals surface area contributed by atoms with Crippen molar-refractivity contribution in [1.82, 2.24) is 9.97 Å². The van der Waals surface area contributed by atoms with E-state index in [9.17, 15) is 0 Å². The number of benzene rings is 1. The summed E-state index contributed by atoms with van der Waals surface area (Å²) in [4.78, 5) is 8.32. The van der Waals surface area contributed by atoms with Gasteiger partial charge in [0.05, 0.1) is 10.7 Å². The quantitative estimate of drug-likeness (QED) is 0.425. The maximum absolute atomic E-state index is 6.20. The van der Waals surface area contributed by atoms with Crippen LogP contribution in [0.5, 0.6) is 0 Å². The second kappa shape index (κ2) is 6.36. The molecule has 0 saturated heterocycles. The maximum atomic E-state index is 6.20. The van der Waals surface area contributed by atoms with Gasteiger partial charge in [-0.3, -0.25) is 0 Å². The number of hydrogen-bond donors (Lipinski definition) is 3. The van der Waals surface area contributed by atoms with Crippen molar-refractivity contribution in [3.05, 3.63) is 38.7 Å². The molecule has 0 amide bonds. The molecule has 0 bridgehead atoms. The Morgan fingerprint density at radius 2 is 2.05 bits per heavy atom. The highest BCUT2D eigenvalue weighted by Gasteiger charge is 2.10. The van der Waals surface area contributed by atoms with Gasteiger partial charge in [-0.1, -0.05) is 18.5 Å². The summed E-state index contributed by atoms with van der Waals surface area (Å²) in [6, 6.07) is 5.78.